The Balaban J connectivity index is 2.17. The molecular weight excluding hydrogens is 246 g/mol. The van der Waals surface area contributed by atoms with Gasteiger partial charge >= 0.3 is 0 Å². The Labute approximate surface area is 113 Å². The van der Waals surface area contributed by atoms with E-state index >= 15 is 0 Å². The Hall–Kier alpha value is -1.32. The summed E-state index contributed by atoms with van der Waals surface area (Å²) >= 11 is 6.25. The van der Waals surface area contributed by atoms with Crippen LogP contribution in [0.5, 0.6) is 0 Å². The van der Waals surface area contributed by atoms with Crippen molar-refractivity contribution in [3.05, 3.63) is 52.6 Å². The monoisotopic (exact) mass is 263 g/mol. The Morgan fingerprint density at radius 1 is 1.39 bits per heavy atom. The Bertz CT molecular complexity index is 520. The second-order valence-electron chi connectivity index (χ2n) is 4.26. The molecular formula is C14H18ClN3. The van der Waals surface area contributed by atoms with Crippen LogP contribution in [-0.4, -0.2) is 16.6 Å². The van der Waals surface area contributed by atoms with Crippen molar-refractivity contribution in [1.29, 1.82) is 0 Å². The van der Waals surface area contributed by atoms with Crippen LogP contribution in [0.2, 0.25) is 5.02 Å². The molecule has 0 atom stereocenters. The van der Waals surface area contributed by atoms with Crippen molar-refractivity contribution >= 4 is 11.6 Å². The van der Waals surface area contributed by atoms with Crippen molar-refractivity contribution in [2.75, 3.05) is 7.05 Å². The van der Waals surface area contributed by atoms with Gasteiger partial charge in [-0.25, -0.2) is 4.98 Å². The van der Waals surface area contributed by atoms with Crippen LogP contribution in [0.1, 0.15) is 23.9 Å². The number of hydrogen-bond donors (Lipinski definition) is 1. The number of rotatable bonds is 5. The Morgan fingerprint density at radius 3 is 2.89 bits per heavy atom. The third kappa shape index (κ3) is 2.92. The molecule has 0 radical (unpaired) electrons. The minimum Gasteiger partial charge on any atom is -0.335 e. The fourth-order valence-electron chi connectivity index (χ4n) is 2.01. The van der Waals surface area contributed by atoms with Gasteiger partial charge in [0.1, 0.15) is 5.82 Å². The Kier molecular flexibility index (Phi) is 4.39. The number of aromatic nitrogens is 2. The first kappa shape index (κ1) is 13.1. The smallest absolute Gasteiger partial charge is 0.113 e. The molecule has 0 bridgehead atoms. The first-order valence-electron chi connectivity index (χ1n) is 6.16. The van der Waals surface area contributed by atoms with E-state index in [2.05, 4.69) is 33.9 Å². The highest BCUT2D eigenvalue weighted by Crippen LogP contribution is 2.19. The van der Waals surface area contributed by atoms with E-state index in [1.165, 1.54) is 5.56 Å². The molecule has 0 saturated carbocycles. The number of nitrogens with zero attached hydrogens (tertiary/aromatic N) is 2. The van der Waals surface area contributed by atoms with Crippen LogP contribution >= 0.6 is 11.6 Å². The summed E-state index contributed by atoms with van der Waals surface area (Å²) in [7, 11) is 1.92. The van der Waals surface area contributed by atoms with Crippen LogP contribution in [0.4, 0.5) is 0 Å². The zero-order chi connectivity index (χ0) is 13.0. The third-order valence-corrected chi connectivity index (χ3v) is 3.34. The molecule has 0 spiro atoms. The van der Waals surface area contributed by atoms with Gasteiger partial charge in [-0.05, 0) is 31.2 Å². The maximum absolute atomic E-state index is 6.25. The lowest BCUT2D eigenvalue weighted by molar-refractivity contribution is 0.712. The topological polar surface area (TPSA) is 29.9 Å². The maximum atomic E-state index is 6.25. The van der Waals surface area contributed by atoms with E-state index in [0.717, 1.165) is 35.9 Å². The van der Waals surface area contributed by atoms with E-state index in [0.29, 0.717) is 0 Å². The molecule has 3 nitrogen and oxygen atoms in total. The van der Waals surface area contributed by atoms with Crippen molar-refractivity contribution in [1.82, 2.24) is 14.9 Å². The first-order valence-corrected chi connectivity index (χ1v) is 6.54. The second-order valence-corrected chi connectivity index (χ2v) is 4.67. The normalized spacial score (nSPS) is 10.8. The van der Waals surface area contributed by atoms with E-state index < -0.39 is 0 Å². The third-order valence-electron chi connectivity index (χ3n) is 2.99. The lowest BCUT2D eigenvalue weighted by Gasteiger charge is -2.08. The molecule has 0 aliphatic heterocycles. The zero-order valence-corrected chi connectivity index (χ0v) is 11.5. The van der Waals surface area contributed by atoms with Crippen molar-refractivity contribution in [2.45, 2.75) is 26.4 Å². The largest absolute Gasteiger partial charge is 0.335 e. The predicted octanol–water partition coefficient (Wildman–Crippen LogP) is 2.87. The quantitative estimate of drug-likeness (QED) is 0.899. The number of aryl methyl sites for hydroxylation is 1. The molecule has 1 N–H and O–H groups in total. The summed E-state index contributed by atoms with van der Waals surface area (Å²) in [5.74, 6) is 1.08. The lowest BCUT2D eigenvalue weighted by atomic mass is 10.1. The van der Waals surface area contributed by atoms with Gasteiger partial charge < -0.3 is 9.88 Å². The van der Waals surface area contributed by atoms with Gasteiger partial charge in [-0.2, -0.15) is 0 Å². The SMILES string of the molecule is CCn1ccnc1Cc1ccc(CNC)c(Cl)c1. The van der Waals surface area contributed by atoms with Gasteiger partial charge in [-0.15, -0.1) is 0 Å². The molecule has 0 aliphatic carbocycles. The molecule has 4 heteroatoms. The molecule has 18 heavy (non-hydrogen) atoms. The van der Waals surface area contributed by atoms with Gasteiger partial charge in [0.2, 0.25) is 0 Å². The van der Waals surface area contributed by atoms with Crippen LogP contribution in [0.15, 0.2) is 30.6 Å². The summed E-state index contributed by atoms with van der Waals surface area (Å²) in [4.78, 5) is 4.38. The summed E-state index contributed by atoms with van der Waals surface area (Å²) in [6.07, 6.45) is 4.67. The molecule has 0 saturated heterocycles. The van der Waals surface area contributed by atoms with E-state index in [1.54, 1.807) is 0 Å². The molecule has 1 aromatic carbocycles. The van der Waals surface area contributed by atoms with Crippen LogP contribution in [0, 0.1) is 0 Å². The number of imidazole rings is 1. The van der Waals surface area contributed by atoms with Gasteiger partial charge in [-0.3, -0.25) is 0 Å². The number of hydrogen-bond acceptors (Lipinski definition) is 2. The lowest BCUT2D eigenvalue weighted by Crippen LogP contribution is -2.06. The second kappa shape index (κ2) is 6.03. The minimum atomic E-state index is 0.794. The van der Waals surface area contributed by atoms with E-state index in [-0.39, 0.29) is 0 Å². The fraction of sp³-hybridized carbons (Fsp3) is 0.357. The molecule has 0 unspecified atom stereocenters. The van der Waals surface area contributed by atoms with Gasteiger partial charge in [0, 0.05) is 36.9 Å². The van der Waals surface area contributed by atoms with Gasteiger partial charge in [0.15, 0.2) is 0 Å². The highest BCUT2D eigenvalue weighted by atomic mass is 35.5. The zero-order valence-electron chi connectivity index (χ0n) is 10.8. The molecule has 96 valence electrons. The van der Waals surface area contributed by atoms with Gasteiger partial charge in [0.25, 0.3) is 0 Å². The van der Waals surface area contributed by atoms with Crippen molar-refractivity contribution in [2.24, 2.45) is 0 Å². The molecule has 2 aromatic rings. The average Bonchev–Trinajstić information content (AvgIpc) is 2.80. The van der Waals surface area contributed by atoms with E-state index in [1.807, 2.05) is 25.5 Å². The van der Waals surface area contributed by atoms with Crippen LogP contribution in [0.25, 0.3) is 0 Å². The number of nitrogens with one attached hydrogen (secondary N) is 1. The van der Waals surface area contributed by atoms with Crippen molar-refractivity contribution in [3.8, 4) is 0 Å². The first-order chi connectivity index (χ1) is 8.74. The maximum Gasteiger partial charge on any atom is 0.113 e. The summed E-state index contributed by atoms with van der Waals surface area (Å²) in [6.45, 7) is 3.86. The van der Waals surface area contributed by atoms with Crippen molar-refractivity contribution < 1.29 is 0 Å². The van der Waals surface area contributed by atoms with E-state index in [4.69, 9.17) is 11.6 Å². The average molecular weight is 264 g/mol. The minimum absolute atomic E-state index is 0.794. The molecule has 0 aliphatic rings. The standard InChI is InChI=1S/C14H18ClN3/c1-3-18-7-6-17-14(18)9-11-4-5-12(10-16-2)13(15)8-11/h4-8,16H,3,9-10H2,1-2H3. The summed E-state index contributed by atoms with van der Waals surface area (Å²) in [5.41, 5.74) is 2.32. The van der Waals surface area contributed by atoms with Crippen LogP contribution in [0.3, 0.4) is 0 Å². The predicted molar refractivity (Wildman–Crippen MR) is 74.9 cm³/mol. The fourth-order valence-corrected chi connectivity index (χ4v) is 2.28. The number of halogens is 1. The molecule has 1 heterocycles. The highest BCUT2D eigenvalue weighted by molar-refractivity contribution is 6.31. The number of benzene rings is 1. The highest BCUT2D eigenvalue weighted by Gasteiger charge is 2.05. The summed E-state index contributed by atoms with van der Waals surface area (Å²) < 4.78 is 2.15. The molecule has 2 rings (SSSR count). The molecule has 0 amide bonds. The van der Waals surface area contributed by atoms with Gasteiger partial charge in [-0.1, -0.05) is 23.7 Å². The van der Waals surface area contributed by atoms with Gasteiger partial charge in [0.05, 0.1) is 0 Å². The molecule has 1 aromatic heterocycles. The van der Waals surface area contributed by atoms with Crippen LogP contribution in [-0.2, 0) is 19.5 Å². The van der Waals surface area contributed by atoms with E-state index in [9.17, 15) is 0 Å². The van der Waals surface area contributed by atoms with Crippen LogP contribution < -0.4 is 5.32 Å². The summed E-state index contributed by atoms with van der Waals surface area (Å²) in [5, 5.41) is 3.92. The van der Waals surface area contributed by atoms with Crippen molar-refractivity contribution in [3.63, 3.8) is 0 Å². The summed E-state index contributed by atoms with van der Waals surface area (Å²) in [6, 6.07) is 6.23. The Morgan fingerprint density at radius 2 is 2.22 bits per heavy atom. The molecule has 0 fully saturated rings.